The number of nitrogens with one attached hydrogen (secondary N) is 1. The largest absolute Gasteiger partial charge is 0.508 e. The third-order valence-corrected chi connectivity index (χ3v) is 6.37. The van der Waals surface area contributed by atoms with Crippen molar-refractivity contribution in [2.75, 3.05) is 38.3 Å². The summed E-state index contributed by atoms with van der Waals surface area (Å²) in [6.45, 7) is 1.92. The van der Waals surface area contributed by atoms with Crippen LogP contribution in [0.3, 0.4) is 0 Å². The first-order valence-electron chi connectivity index (χ1n) is 12.9. The van der Waals surface area contributed by atoms with E-state index in [-0.39, 0.29) is 23.7 Å². The molecule has 0 spiro atoms. The molecule has 5 N–H and O–H groups in total. The molecule has 0 radical (unpaired) electrons. The van der Waals surface area contributed by atoms with E-state index in [0.29, 0.717) is 60.2 Å². The first-order chi connectivity index (χ1) is 19.4. The second-order valence-corrected chi connectivity index (χ2v) is 9.24. The molecule has 0 aromatic heterocycles. The number of benzene rings is 3. The highest BCUT2D eigenvalue weighted by Crippen LogP contribution is 2.50. The molecule has 210 valence electrons. The van der Waals surface area contributed by atoms with Crippen molar-refractivity contribution in [1.82, 2.24) is 0 Å². The number of hydrogen-bond acceptors (Lipinski definition) is 9. The Balaban J connectivity index is 1.50. The zero-order valence-corrected chi connectivity index (χ0v) is 21.8. The molecule has 0 bridgehead atoms. The van der Waals surface area contributed by atoms with Gasteiger partial charge in [-0.25, -0.2) is 0 Å². The summed E-state index contributed by atoms with van der Waals surface area (Å²) in [7, 11) is 0. The summed E-state index contributed by atoms with van der Waals surface area (Å²) in [4.78, 5) is 36.5. The van der Waals surface area contributed by atoms with E-state index in [2.05, 4.69) is 10.5 Å². The summed E-state index contributed by atoms with van der Waals surface area (Å²) in [6, 6.07) is 13.8. The van der Waals surface area contributed by atoms with E-state index in [1.807, 2.05) is 0 Å². The Bertz CT molecular complexity index is 1330. The number of carbonyl (C=O) groups is 2. The molecule has 0 fully saturated rings. The Kier molecular flexibility index (Phi) is 9.79. The van der Waals surface area contributed by atoms with Gasteiger partial charge < -0.3 is 35.5 Å². The van der Waals surface area contributed by atoms with Gasteiger partial charge >= 0.3 is 5.91 Å². The van der Waals surface area contributed by atoms with Crippen molar-refractivity contribution in [3.8, 4) is 23.0 Å². The Labute approximate surface area is 230 Å². The monoisotopic (exact) mass is 549 g/mol. The van der Waals surface area contributed by atoms with Gasteiger partial charge in [0.15, 0.2) is 0 Å². The summed E-state index contributed by atoms with van der Waals surface area (Å²) in [6.07, 6.45) is 2.56. The van der Waals surface area contributed by atoms with Crippen LogP contribution in [-0.4, -0.2) is 55.0 Å². The molecule has 3 aromatic carbocycles. The molecule has 2 amide bonds. The Morgan fingerprint density at radius 1 is 0.850 bits per heavy atom. The lowest BCUT2D eigenvalue weighted by Gasteiger charge is -2.29. The number of ether oxygens (including phenoxy) is 3. The van der Waals surface area contributed by atoms with E-state index in [1.165, 1.54) is 30.3 Å². The maximum absolute atomic E-state index is 12.7. The average molecular weight is 550 g/mol. The number of anilines is 1. The number of phenols is 2. The van der Waals surface area contributed by atoms with E-state index in [0.717, 1.165) is 19.3 Å². The molecule has 1 aliphatic heterocycles. The van der Waals surface area contributed by atoms with Crippen molar-refractivity contribution >= 4 is 17.5 Å². The topological polar surface area (TPSA) is 170 Å². The fraction of sp³-hybridized carbons (Fsp3) is 0.310. The highest BCUT2D eigenvalue weighted by atomic mass is 16.5. The molecular formula is C29H31N3O8. The van der Waals surface area contributed by atoms with Gasteiger partial charge in [-0.3, -0.25) is 9.59 Å². The molecular weight excluding hydrogens is 518 g/mol. The fourth-order valence-corrected chi connectivity index (χ4v) is 4.57. The lowest BCUT2D eigenvalue weighted by Crippen LogP contribution is -2.19. The number of nitrogens with two attached hydrogens (primary N) is 1. The summed E-state index contributed by atoms with van der Waals surface area (Å²) >= 11 is 0. The Morgan fingerprint density at radius 3 is 2.10 bits per heavy atom. The van der Waals surface area contributed by atoms with E-state index in [4.69, 9.17) is 19.9 Å². The Morgan fingerprint density at radius 2 is 1.48 bits per heavy atom. The number of rotatable bonds is 13. The maximum Gasteiger partial charge on any atom is 0.317 e. The van der Waals surface area contributed by atoms with Gasteiger partial charge in [0, 0.05) is 59.8 Å². The summed E-state index contributed by atoms with van der Waals surface area (Å²) in [5, 5.41) is 25.3. The molecule has 0 saturated heterocycles. The van der Waals surface area contributed by atoms with Crippen LogP contribution in [0.5, 0.6) is 23.0 Å². The number of carbonyl (C=O) groups excluding carboxylic acids is 2. The van der Waals surface area contributed by atoms with E-state index >= 15 is 0 Å². The molecule has 11 nitrogen and oxygen atoms in total. The van der Waals surface area contributed by atoms with Gasteiger partial charge in [0.2, 0.25) is 5.91 Å². The third-order valence-electron chi connectivity index (χ3n) is 6.37. The summed E-state index contributed by atoms with van der Waals surface area (Å²) in [5.74, 6) is -1.40. The molecule has 4 rings (SSSR count). The van der Waals surface area contributed by atoms with Crippen molar-refractivity contribution in [2.24, 2.45) is 10.9 Å². The predicted molar refractivity (Wildman–Crippen MR) is 147 cm³/mol. The highest BCUT2D eigenvalue weighted by molar-refractivity contribution is 5.99. The fourth-order valence-electron chi connectivity index (χ4n) is 4.57. The second-order valence-electron chi connectivity index (χ2n) is 9.24. The molecule has 40 heavy (non-hydrogen) atoms. The standard InChI is InChI=1S/C29H31N3O8/c30-10-13-38-11-2-1-3-12-39-17-27(35)31-18-4-7-21(24(14-18)29(36)32-37)28-22-8-5-19(33)15-25(22)40-26-16-20(34)6-9-23(26)28/h4-9,14-16,28,33-34H,1-3,10-13,17,30H2,(H,31,35). The number of nitroso groups, excluding NO2 is 1. The number of hydrogen-bond donors (Lipinski definition) is 4. The van der Waals surface area contributed by atoms with Crippen LogP contribution in [0, 0.1) is 4.91 Å². The van der Waals surface area contributed by atoms with Crippen LogP contribution in [-0.2, 0) is 14.3 Å². The predicted octanol–water partition coefficient (Wildman–Crippen LogP) is 4.39. The first-order valence-corrected chi connectivity index (χ1v) is 12.9. The van der Waals surface area contributed by atoms with Crippen molar-refractivity contribution in [3.63, 3.8) is 0 Å². The normalized spacial score (nSPS) is 12.2. The molecule has 0 saturated carbocycles. The van der Waals surface area contributed by atoms with Gasteiger partial charge in [-0.05, 0) is 49.1 Å². The summed E-state index contributed by atoms with van der Waals surface area (Å²) in [5.41, 5.74) is 7.37. The maximum atomic E-state index is 12.7. The smallest absolute Gasteiger partial charge is 0.317 e. The number of aromatic hydroxyl groups is 2. The number of fused-ring (bicyclic) bond motifs is 2. The second kappa shape index (κ2) is 13.7. The van der Waals surface area contributed by atoms with Crippen LogP contribution in [0.1, 0.15) is 52.2 Å². The lowest BCUT2D eigenvalue weighted by atomic mass is 9.80. The third kappa shape index (κ3) is 7.00. The molecule has 0 unspecified atom stereocenters. The minimum absolute atomic E-state index is 0.00415. The zero-order chi connectivity index (χ0) is 28.5. The van der Waals surface area contributed by atoms with Gasteiger partial charge in [-0.2, -0.15) is 0 Å². The van der Waals surface area contributed by atoms with E-state index < -0.39 is 17.7 Å². The minimum Gasteiger partial charge on any atom is -0.508 e. The van der Waals surface area contributed by atoms with Crippen molar-refractivity contribution < 1.29 is 34.0 Å². The zero-order valence-electron chi connectivity index (χ0n) is 21.8. The van der Waals surface area contributed by atoms with Crippen LogP contribution < -0.4 is 15.8 Å². The molecule has 0 atom stereocenters. The number of unbranched alkanes of at least 4 members (excludes halogenated alkanes) is 2. The van der Waals surface area contributed by atoms with Gasteiger partial charge in [0.1, 0.15) is 29.6 Å². The van der Waals surface area contributed by atoms with E-state index in [1.54, 1.807) is 24.3 Å². The molecule has 1 heterocycles. The SMILES string of the molecule is NCCOCCCCCOCC(=O)Nc1ccc(C2c3ccc(O)cc3Oc3cc(O)ccc32)c(C(=O)N=O)c1. The molecule has 3 aromatic rings. The lowest BCUT2D eigenvalue weighted by molar-refractivity contribution is -0.120. The Hall–Kier alpha value is -4.32. The molecule has 1 aliphatic rings. The molecule has 11 heteroatoms. The highest BCUT2D eigenvalue weighted by Gasteiger charge is 2.32. The van der Waals surface area contributed by atoms with Crippen molar-refractivity contribution in [3.05, 3.63) is 81.8 Å². The number of phenolic OH excluding ortho intramolecular Hbond substituents is 2. The average Bonchev–Trinajstić information content (AvgIpc) is 2.94. The van der Waals surface area contributed by atoms with Crippen LogP contribution in [0.25, 0.3) is 0 Å². The number of amides is 2. The van der Waals surface area contributed by atoms with Crippen LogP contribution in [0.15, 0.2) is 59.8 Å². The minimum atomic E-state index is -1.01. The number of nitrogens with zero attached hydrogens (tertiary/aromatic N) is 1. The van der Waals surface area contributed by atoms with Crippen molar-refractivity contribution in [2.45, 2.75) is 25.2 Å². The van der Waals surface area contributed by atoms with Gasteiger partial charge in [0.05, 0.1) is 12.2 Å². The van der Waals surface area contributed by atoms with Gasteiger partial charge in [-0.1, -0.05) is 18.2 Å². The molecule has 0 aliphatic carbocycles. The quantitative estimate of drug-likeness (QED) is 0.139. The van der Waals surface area contributed by atoms with Gasteiger partial charge in [0.25, 0.3) is 0 Å². The first kappa shape index (κ1) is 28.7. The van der Waals surface area contributed by atoms with Crippen molar-refractivity contribution in [1.29, 1.82) is 0 Å². The van der Waals surface area contributed by atoms with Crippen LogP contribution in [0.4, 0.5) is 5.69 Å². The van der Waals surface area contributed by atoms with Gasteiger partial charge in [-0.15, -0.1) is 4.91 Å². The van der Waals surface area contributed by atoms with Crippen LogP contribution >= 0.6 is 0 Å². The van der Waals surface area contributed by atoms with E-state index in [9.17, 15) is 24.7 Å². The summed E-state index contributed by atoms with van der Waals surface area (Å²) < 4.78 is 16.7. The van der Waals surface area contributed by atoms with Crippen LogP contribution in [0.2, 0.25) is 0 Å².